The van der Waals surface area contributed by atoms with Gasteiger partial charge in [0.05, 0.1) is 15.6 Å². The smallest absolute Gasteiger partial charge is 0.328 e. The molecule has 0 saturated carbocycles. The molecular weight excluding hydrogens is 258 g/mol. The summed E-state index contributed by atoms with van der Waals surface area (Å²) in [6.45, 7) is 1.91. The summed E-state index contributed by atoms with van der Waals surface area (Å²) in [4.78, 5) is 15.9. The largest absolute Gasteiger partial charge is 0.478 e. The van der Waals surface area contributed by atoms with Gasteiger partial charge in [-0.05, 0) is 25.0 Å². The van der Waals surface area contributed by atoms with Crippen LogP contribution in [0.2, 0.25) is 0 Å². The van der Waals surface area contributed by atoms with Crippen LogP contribution < -0.4 is 0 Å². The third-order valence-electron chi connectivity index (χ3n) is 2.72. The molecule has 0 bridgehead atoms. The topological polar surface area (TPSA) is 50.2 Å². The molecule has 4 heteroatoms. The van der Waals surface area contributed by atoms with E-state index in [-0.39, 0.29) is 0 Å². The molecule has 0 fully saturated rings. The van der Waals surface area contributed by atoms with Gasteiger partial charge in [0.1, 0.15) is 0 Å². The van der Waals surface area contributed by atoms with E-state index in [1.807, 2.05) is 25.1 Å². The number of benzene rings is 1. The Balaban J connectivity index is 2.02. The second-order valence-corrected chi connectivity index (χ2v) is 5.33. The zero-order chi connectivity index (χ0) is 13.7. The van der Waals surface area contributed by atoms with Crippen LogP contribution in [-0.4, -0.2) is 16.1 Å². The molecule has 98 valence electrons. The number of hydrogen-bond donors (Lipinski definition) is 1. The average Bonchev–Trinajstić information content (AvgIpc) is 2.76. The zero-order valence-corrected chi connectivity index (χ0v) is 11.5. The summed E-state index contributed by atoms with van der Waals surface area (Å²) in [6.07, 6.45) is 4.61. The van der Waals surface area contributed by atoms with Crippen molar-refractivity contribution in [1.82, 2.24) is 4.98 Å². The maximum Gasteiger partial charge on any atom is 0.328 e. The summed E-state index contributed by atoms with van der Waals surface area (Å²) in [5.41, 5.74) is 2.18. The highest BCUT2D eigenvalue weighted by Crippen LogP contribution is 2.21. The lowest BCUT2D eigenvalue weighted by Gasteiger charge is -1.97. The summed E-state index contributed by atoms with van der Waals surface area (Å²) in [5, 5.41) is 9.67. The molecule has 0 saturated heterocycles. The van der Waals surface area contributed by atoms with Gasteiger partial charge in [0.25, 0.3) is 0 Å². The number of carbonyl (C=O) groups is 1. The van der Waals surface area contributed by atoms with E-state index in [0.29, 0.717) is 0 Å². The molecule has 0 amide bonds. The van der Waals surface area contributed by atoms with Gasteiger partial charge in [0, 0.05) is 12.5 Å². The van der Waals surface area contributed by atoms with Gasteiger partial charge < -0.3 is 5.11 Å². The summed E-state index contributed by atoms with van der Waals surface area (Å²) >= 11 is 1.56. The molecule has 0 aliphatic heterocycles. The molecular formula is C15H15NO2S. The van der Waals surface area contributed by atoms with E-state index in [0.717, 1.165) is 34.5 Å². The van der Waals surface area contributed by atoms with Crippen LogP contribution >= 0.6 is 11.3 Å². The second-order valence-electron chi connectivity index (χ2n) is 4.21. The minimum absolute atomic E-state index is 0.885. The summed E-state index contributed by atoms with van der Waals surface area (Å²) in [7, 11) is 0. The molecule has 1 heterocycles. The lowest BCUT2D eigenvalue weighted by atomic mass is 10.1. The normalized spacial score (nSPS) is 11.0. The Morgan fingerprint density at radius 1 is 1.32 bits per heavy atom. The van der Waals surface area contributed by atoms with Crippen LogP contribution in [0.15, 0.2) is 36.4 Å². The first-order chi connectivity index (χ1) is 9.15. The Morgan fingerprint density at radius 3 is 2.74 bits per heavy atom. The second kappa shape index (κ2) is 6.29. The van der Waals surface area contributed by atoms with Crippen molar-refractivity contribution in [3.63, 3.8) is 0 Å². The molecule has 0 aliphatic carbocycles. The summed E-state index contributed by atoms with van der Waals surface area (Å²) in [5.74, 6) is -0.932. The van der Waals surface area contributed by atoms with E-state index in [1.54, 1.807) is 17.4 Å². The number of thiazole rings is 1. The first-order valence-corrected chi connectivity index (χ1v) is 6.88. The van der Waals surface area contributed by atoms with Crippen molar-refractivity contribution < 1.29 is 9.90 Å². The third-order valence-corrected chi connectivity index (χ3v) is 3.91. The first-order valence-electron chi connectivity index (χ1n) is 6.06. The number of aromatic nitrogens is 1. The highest BCUT2D eigenvalue weighted by molar-refractivity contribution is 7.12. The quantitative estimate of drug-likeness (QED) is 0.850. The average molecular weight is 273 g/mol. The van der Waals surface area contributed by atoms with Crippen molar-refractivity contribution in [3.05, 3.63) is 57.6 Å². The molecule has 2 aromatic rings. The van der Waals surface area contributed by atoms with E-state index < -0.39 is 5.97 Å². The van der Waals surface area contributed by atoms with Gasteiger partial charge in [-0.1, -0.05) is 30.3 Å². The Morgan fingerprint density at radius 2 is 2.05 bits per heavy atom. The zero-order valence-electron chi connectivity index (χ0n) is 10.7. The van der Waals surface area contributed by atoms with Crippen LogP contribution in [0.3, 0.4) is 0 Å². The van der Waals surface area contributed by atoms with Crippen molar-refractivity contribution in [3.8, 4) is 0 Å². The summed E-state index contributed by atoms with van der Waals surface area (Å²) < 4.78 is 0. The third kappa shape index (κ3) is 4.03. The van der Waals surface area contributed by atoms with Crippen LogP contribution in [0.1, 0.15) is 21.1 Å². The lowest BCUT2D eigenvalue weighted by molar-refractivity contribution is -0.131. The van der Waals surface area contributed by atoms with Gasteiger partial charge in [0.2, 0.25) is 0 Å². The number of nitrogens with zero attached hydrogens (tertiary/aromatic N) is 1. The van der Waals surface area contributed by atoms with Gasteiger partial charge in [-0.25, -0.2) is 9.78 Å². The molecule has 3 nitrogen and oxygen atoms in total. The van der Waals surface area contributed by atoms with Gasteiger partial charge in [0.15, 0.2) is 0 Å². The van der Waals surface area contributed by atoms with Crippen LogP contribution in [0.25, 0.3) is 6.08 Å². The Hall–Kier alpha value is -1.94. The fourth-order valence-corrected chi connectivity index (χ4v) is 2.74. The van der Waals surface area contributed by atoms with Gasteiger partial charge in [-0.15, -0.1) is 11.3 Å². The predicted octanol–water partition coefficient (Wildman–Crippen LogP) is 3.33. The van der Waals surface area contributed by atoms with E-state index in [2.05, 4.69) is 17.1 Å². The van der Waals surface area contributed by atoms with E-state index >= 15 is 0 Å². The van der Waals surface area contributed by atoms with E-state index in [1.165, 1.54) is 5.56 Å². The highest BCUT2D eigenvalue weighted by Gasteiger charge is 2.05. The van der Waals surface area contributed by atoms with E-state index in [9.17, 15) is 4.79 Å². The number of hydrogen-bond acceptors (Lipinski definition) is 3. The van der Waals surface area contributed by atoms with Gasteiger partial charge in [-0.3, -0.25) is 0 Å². The Kier molecular flexibility index (Phi) is 4.47. The fourth-order valence-electron chi connectivity index (χ4n) is 1.77. The molecule has 0 aliphatic rings. The van der Waals surface area contributed by atoms with Crippen molar-refractivity contribution in [2.75, 3.05) is 0 Å². The predicted molar refractivity (Wildman–Crippen MR) is 77.4 cm³/mol. The fraction of sp³-hybridized carbons (Fsp3) is 0.200. The minimum atomic E-state index is -0.932. The molecule has 0 unspecified atom stereocenters. The van der Waals surface area contributed by atoms with Crippen molar-refractivity contribution >= 4 is 23.4 Å². The molecule has 1 aromatic heterocycles. The molecule has 1 aromatic carbocycles. The molecule has 19 heavy (non-hydrogen) atoms. The van der Waals surface area contributed by atoms with Crippen molar-refractivity contribution in [1.29, 1.82) is 0 Å². The first kappa shape index (κ1) is 13.5. The SMILES string of the molecule is Cc1nc(CCc2ccccc2)sc1/C=C/C(=O)O. The number of rotatable bonds is 5. The van der Waals surface area contributed by atoms with Crippen molar-refractivity contribution in [2.45, 2.75) is 19.8 Å². The number of carboxylic acids is 1. The summed E-state index contributed by atoms with van der Waals surface area (Å²) in [6, 6.07) is 10.3. The highest BCUT2D eigenvalue weighted by atomic mass is 32.1. The maximum atomic E-state index is 10.5. The van der Waals surface area contributed by atoms with Crippen molar-refractivity contribution in [2.24, 2.45) is 0 Å². The Labute approximate surface area is 116 Å². The van der Waals surface area contributed by atoms with Crippen LogP contribution in [0.4, 0.5) is 0 Å². The van der Waals surface area contributed by atoms with Gasteiger partial charge in [-0.2, -0.15) is 0 Å². The maximum absolute atomic E-state index is 10.5. The lowest BCUT2D eigenvalue weighted by Crippen LogP contribution is -1.90. The standard InChI is InChI=1S/C15H15NO2S/c1-11-13(8-10-15(17)18)19-14(16-11)9-7-12-5-3-2-4-6-12/h2-6,8,10H,7,9H2,1H3,(H,17,18)/b10-8+. The van der Waals surface area contributed by atoms with E-state index in [4.69, 9.17) is 5.11 Å². The molecule has 1 N–H and O–H groups in total. The van der Waals surface area contributed by atoms with Gasteiger partial charge >= 0.3 is 5.97 Å². The molecule has 0 atom stereocenters. The van der Waals surface area contributed by atoms with Crippen LogP contribution in [0.5, 0.6) is 0 Å². The Bertz CT molecular complexity index is 587. The number of aliphatic carboxylic acids is 1. The number of aryl methyl sites for hydroxylation is 3. The molecule has 0 radical (unpaired) electrons. The van der Waals surface area contributed by atoms with Crippen LogP contribution in [0, 0.1) is 6.92 Å². The monoisotopic (exact) mass is 273 g/mol. The number of carboxylic acid groups (broad SMARTS) is 1. The molecule has 0 spiro atoms. The minimum Gasteiger partial charge on any atom is -0.478 e. The molecule has 2 rings (SSSR count). The van der Waals surface area contributed by atoms with Crippen LogP contribution in [-0.2, 0) is 17.6 Å².